The Balaban J connectivity index is 1.27. The van der Waals surface area contributed by atoms with Crippen molar-refractivity contribution in [2.45, 2.75) is 30.3 Å². The number of nitrogens with zero attached hydrogens (tertiary/aromatic N) is 2. The molecule has 3 aromatic carbocycles. The van der Waals surface area contributed by atoms with Crippen LogP contribution >= 0.6 is 0 Å². The van der Waals surface area contributed by atoms with Gasteiger partial charge in [0.15, 0.2) is 6.61 Å². The summed E-state index contributed by atoms with van der Waals surface area (Å²) in [5, 5.41) is 6.77. The molecule has 41 heavy (non-hydrogen) atoms. The molecular weight excluding hydrogens is 544 g/mol. The monoisotopic (exact) mass is 578 g/mol. The largest absolute Gasteiger partial charge is 0.484 e. The third-order valence-electron chi connectivity index (χ3n) is 6.40. The Kier molecular flexibility index (Phi) is 11.0. The maximum Gasteiger partial charge on any atom is 0.258 e. The number of nitrogens with one attached hydrogen (secondary N) is 2. The van der Waals surface area contributed by atoms with E-state index in [4.69, 9.17) is 9.47 Å². The fraction of sp³-hybridized carbons (Fsp3) is 0.300. The van der Waals surface area contributed by atoms with Crippen LogP contribution in [0.3, 0.4) is 0 Å². The number of ether oxygens (including phenoxy) is 2. The molecule has 0 unspecified atom stereocenters. The lowest BCUT2D eigenvalue weighted by Gasteiger charge is -2.21. The van der Waals surface area contributed by atoms with Gasteiger partial charge in [0.1, 0.15) is 5.75 Å². The molecule has 216 valence electrons. The molecule has 4 rings (SSSR count). The third kappa shape index (κ3) is 9.52. The van der Waals surface area contributed by atoms with E-state index in [2.05, 4.69) is 15.8 Å². The maximum atomic E-state index is 13.3. The predicted molar refractivity (Wildman–Crippen MR) is 155 cm³/mol. The van der Waals surface area contributed by atoms with E-state index < -0.39 is 15.9 Å². The number of rotatable bonds is 14. The Labute approximate surface area is 240 Å². The molecule has 0 radical (unpaired) electrons. The fourth-order valence-electron chi connectivity index (χ4n) is 4.18. The highest BCUT2D eigenvalue weighted by molar-refractivity contribution is 7.89. The van der Waals surface area contributed by atoms with Crippen molar-refractivity contribution in [2.24, 2.45) is 5.10 Å². The number of carbonyl (C=O) groups is 2. The molecule has 1 aliphatic heterocycles. The van der Waals surface area contributed by atoms with Crippen molar-refractivity contribution in [3.63, 3.8) is 0 Å². The van der Waals surface area contributed by atoms with Gasteiger partial charge in [-0.3, -0.25) is 9.59 Å². The standard InChI is InChI=1S/C30H34N4O6S/c35-29(22-34(18-17-24-8-3-1-4-9-24)41(37,38)28-11-5-2-6-12-28)33-32-20-25-13-15-26(16-14-25)40-23-30(36)31-21-27-10-7-19-39-27/h1-6,8-9,11-16,20,27H,7,10,17-19,21-23H2,(H,31,36)(H,33,35)/b32-20+/t27-/m0/s1. The summed E-state index contributed by atoms with van der Waals surface area (Å²) in [4.78, 5) is 24.8. The van der Waals surface area contributed by atoms with Gasteiger partial charge in [0.2, 0.25) is 10.0 Å². The topological polar surface area (TPSA) is 126 Å². The lowest BCUT2D eigenvalue weighted by Crippen LogP contribution is -2.40. The van der Waals surface area contributed by atoms with Crippen LogP contribution in [0.1, 0.15) is 24.0 Å². The van der Waals surface area contributed by atoms with Crippen LogP contribution < -0.4 is 15.5 Å². The van der Waals surface area contributed by atoms with Gasteiger partial charge < -0.3 is 14.8 Å². The molecule has 3 aromatic rings. The van der Waals surface area contributed by atoms with Gasteiger partial charge in [-0.25, -0.2) is 13.8 Å². The highest BCUT2D eigenvalue weighted by Crippen LogP contribution is 2.16. The van der Waals surface area contributed by atoms with Gasteiger partial charge in [-0.15, -0.1) is 0 Å². The minimum Gasteiger partial charge on any atom is -0.484 e. The van der Waals surface area contributed by atoms with Gasteiger partial charge in [-0.05, 0) is 66.8 Å². The third-order valence-corrected chi connectivity index (χ3v) is 8.26. The number of hydrogen-bond acceptors (Lipinski definition) is 7. The molecule has 10 nitrogen and oxygen atoms in total. The molecule has 1 saturated heterocycles. The smallest absolute Gasteiger partial charge is 0.258 e. The number of carbonyl (C=O) groups excluding carboxylic acids is 2. The summed E-state index contributed by atoms with van der Waals surface area (Å²) >= 11 is 0. The average molecular weight is 579 g/mol. The van der Waals surface area contributed by atoms with Gasteiger partial charge in [0.25, 0.3) is 11.8 Å². The Morgan fingerprint density at radius 3 is 2.37 bits per heavy atom. The second kappa shape index (κ2) is 15.1. The first-order chi connectivity index (χ1) is 19.9. The van der Waals surface area contributed by atoms with Crippen molar-refractivity contribution in [3.8, 4) is 5.75 Å². The van der Waals surface area contributed by atoms with E-state index >= 15 is 0 Å². The summed E-state index contributed by atoms with van der Waals surface area (Å²) in [7, 11) is -3.90. The minimum absolute atomic E-state index is 0.0728. The molecule has 2 amide bonds. The van der Waals surface area contributed by atoms with Crippen molar-refractivity contribution in [1.82, 2.24) is 15.0 Å². The van der Waals surface area contributed by atoms with Crippen LogP contribution in [-0.4, -0.2) is 69.7 Å². The summed E-state index contributed by atoms with van der Waals surface area (Å²) in [6.07, 6.45) is 3.93. The van der Waals surface area contributed by atoms with E-state index in [0.717, 1.165) is 29.3 Å². The number of sulfonamides is 1. The van der Waals surface area contributed by atoms with Crippen LogP contribution in [0.2, 0.25) is 0 Å². The van der Waals surface area contributed by atoms with Crippen LogP contribution in [-0.2, 0) is 30.8 Å². The SMILES string of the molecule is O=C(COc1ccc(/C=N/NC(=O)CN(CCc2ccccc2)S(=O)(=O)c2ccccc2)cc1)NC[C@@H]1CCCO1. The molecule has 1 fully saturated rings. The van der Waals surface area contributed by atoms with Gasteiger partial charge in [0, 0.05) is 19.7 Å². The Bertz CT molecular complexity index is 1390. The fourth-order valence-corrected chi connectivity index (χ4v) is 5.60. The van der Waals surface area contributed by atoms with Crippen molar-refractivity contribution in [1.29, 1.82) is 0 Å². The van der Waals surface area contributed by atoms with Gasteiger partial charge in [-0.1, -0.05) is 48.5 Å². The molecule has 0 bridgehead atoms. The number of hydrazone groups is 1. The molecule has 0 spiro atoms. The quantitative estimate of drug-likeness (QED) is 0.224. The summed E-state index contributed by atoms with van der Waals surface area (Å²) < 4.78 is 38.7. The van der Waals surface area contributed by atoms with Crippen molar-refractivity contribution < 1.29 is 27.5 Å². The van der Waals surface area contributed by atoms with Gasteiger partial charge >= 0.3 is 0 Å². The first-order valence-electron chi connectivity index (χ1n) is 13.4. The van der Waals surface area contributed by atoms with Crippen LogP contribution in [0.25, 0.3) is 0 Å². The molecule has 1 aliphatic rings. The average Bonchev–Trinajstić information content (AvgIpc) is 3.52. The molecule has 1 heterocycles. The predicted octanol–water partition coefficient (Wildman–Crippen LogP) is 2.74. The first-order valence-corrected chi connectivity index (χ1v) is 14.9. The maximum absolute atomic E-state index is 13.3. The molecule has 0 aliphatic carbocycles. The second-order valence-electron chi connectivity index (χ2n) is 9.48. The van der Waals surface area contributed by atoms with E-state index in [9.17, 15) is 18.0 Å². The number of amides is 2. The summed E-state index contributed by atoms with van der Waals surface area (Å²) in [5.41, 5.74) is 4.05. The second-order valence-corrected chi connectivity index (χ2v) is 11.4. The van der Waals surface area contributed by atoms with E-state index in [1.165, 1.54) is 18.3 Å². The summed E-state index contributed by atoms with van der Waals surface area (Å²) in [6.45, 7) is 0.851. The molecule has 0 saturated carbocycles. The zero-order valence-electron chi connectivity index (χ0n) is 22.6. The van der Waals surface area contributed by atoms with E-state index in [1.807, 2.05) is 30.3 Å². The highest BCUT2D eigenvalue weighted by Gasteiger charge is 2.26. The normalized spacial score (nSPS) is 15.2. The van der Waals surface area contributed by atoms with Crippen LogP contribution in [0.4, 0.5) is 0 Å². The minimum atomic E-state index is -3.90. The number of hydrogen-bond donors (Lipinski definition) is 2. The summed E-state index contributed by atoms with van der Waals surface area (Å²) in [5.74, 6) is -0.276. The zero-order valence-corrected chi connectivity index (χ0v) is 23.5. The molecule has 11 heteroatoms. The Morgan fingerprint density at radius 2 is 1.68 bits per heavy atom. The first kappa shape index (κ1) is 29.9. The van der Waals surface area contributed by atoms with Crippen LogP contribution in [0, 0.1) is 0 Å². The zero-order chi connectivity index (χ0) is 28.9. The van der Waals surface area contributed by atoms with Crippen molar-refractivity contribution >= 4 is 28.1 Å². The number of benzene rings is 3. The molecule has 2 N–H and O–H groups in total. The highest BCUT2D eigenvalue weighted by atomic mass is 32.2. The van der Waals surface area contributed by atoms with Gasteiger partial charge in [0.05, 0.1) is 23.8 Å². The lowest BCUT2D eigenvalue weighted by atomic mass is 10.1. The lowest BCUT2D eigenvalue weighted by molar-refractivity contribution is -0.123. The Morgan fingerprint density at radius 1 is 0.976 bits per heavy atom. The van der Waals surface area contributed by atoms with E-state index in [-0.39, 0.29) is 36.6 Å². The molecular formula is C30H34N4O6S. The van der Waals surface area contributed by atoms with Gasteiger partial charge in [-0.2, -0.15) is 9.41 Å². The Hall–Kier alpha value is -4.06. The molecule has 0 aromatic heterocycles. The van der Waals surface area contributed by atoms with Crippen molar-refractivity contribution in [3.05, 3.63) is 96.1 Å². The van der Waals surface area contributed by atoms with E-state index in [0.29, 0.717) is 24.3 Å². The van der Waals surface area contributed by atoms with E-state index in [1.54, 1.807) is 42.5 Å². The summed E-state index contributed by atoms with van der Waals surface area (Å²) in [6, 6.07) is 24.3. The van der Waals surface area contributed by atoms with Crippen LogP contribution in [0.15, 0.2) is 94.9 Å². The van der Waals surface area contributed by atoms with Crippen LogP contribution in [0.5, 0.6) is 5.75 Å². The van der Waals surface area contributed by atoms with Crippen molar-refractivity contribution in [2.75, 3.05) is 32.8 Å². The molecule has 1 atom stereocenters.